The Labute approximate surface area is 162 Å². The highest BCUT2D eigenvalue weighted by Crippen LogP contribution is 2.47. The van der Waals surface area contributed by atoms with E-state index in [9.17, 15) is 4.39 Å². The number of guanidine groups is 1. The Kier molecular flexibility index (Phi) is 6.71. The zero-order valence-electron chi connectivity index (χ0n) is 16.8. The summed E-state index contributed by atoms with van der Waals surface area (Å²) in [6.07, 6.45) is 3.87. The average molecular weight is 377 g/mol. The number of aliphatic imine (C=N–C) groups is 1. The fraction of sp³-hybridized carbons (Fsp3) is 0.667. The highest BCUT2D eigenvalue weighted by Gasteiger charge is 2.44. The molecular weight excluding hydrogens is 343 g/mol. The number of benzene rings is 1. The Morgan fingerprint density at radius 2 is 2.00 bits per heavy atom. The van der Waals surface area contributed by atoms with Crippen LogP contribution in [-0.2, 0) is 10.2 Å². The molecule has 0 spiro atoms. The van der Waals surface area contributed by atoms with Gasteiger partial charge < -0.3 is 15.4 Å². The molecule has 2 unspecified atom stereocenters. The lowest BCUT2D eigenvalue weighted by atomic mass is 9.96. The zero-order chi connectivity index (χ0) is 19.3. The molecule has 0 bridgehead atoms. The van der Waals surface area contributed by atoms with Crippen LogP contribution in [0.1, 0.15) is 38.7 Å². The minimum atomic E-state index is -0.159. The fourth-order valence-electron chi connectivity index (χ4n) is 3.99. The van der Waals surface area contributed by atoms with Gasteiger partial charge in [-0.1, -0.05) is 12.1 Å². The van der Waals surface area contributed by atoms with Crippen LogP contribution >= 0.6 is 0 Å². The molecule has 0 radical (unpaired) electrons. The van der Waals surface area contributed by atoms with Crippen molar-refractivity contribution in [2.45, 2.75) is 50.7 Å². The first-order chi connectivity index (χ1) is 13.0. The summed E-state index contributed by atoms with van der Waals surface area (Å²) >= 11 is 0. The van der Waals surface area contributed by atoms with Crippen LogP contribution in [-0.4, -0.2) is 62.8 Å². The maximum absolute atomic E-state index is 13.5. The molecule has 1 saturated carbocycles. The molecule has 3 rings (SSSR count). The first-order valence-corrected chi connectivity index (χ1v) is 10.1. The zero-order valence-corrected chi connectivity index (χ0v) is 16.8. The van der Waals surface area contributed by atoms with Crippen molar-refractivity contribution in [3.05, 3.63) is 35.6 Å². The number of rotatable bonds is 7. The van der Waals surface area contributed by atoms with Crippen molar-refractivity contribution in [2.75, 3.05) is 39.8 Å². The van der Waals surface area contributed by atoms with Crippen molar-refractivity contribution in [1.82, 2.24) is 15.5 Å². The Balaban J connectivity index is 1.39. The predicted octanol–water partition coefficient (Wildman–Crippen LogP) is 2.52. The van der Waals surface area contributed by atoms with Gasteiger partial charge in [0.25, 0.3) is 0 Å². The summed E-state index contributed by atoms with van der Waals surface area (Å²) in [5, 5.41) is 6.83. The van der Waals surface area contributed by atoms with E-state index >= 15 is 0 Å². The van der Waals surface area contributed by atoms with Gasteiger partial charge in [0.1, 0.15) is 5.82 Å². The second-order valence-corrected chi connectivity index (χ2v) is 8.01. The molecule has 6 heteroatoms. The standard InChI is InChI=1S/C21H33FN4O/c1-16-13-26(14-17(2)27-16)11-5-10-24-20(23-3)25-15-21(8-9-21)18-6-4-7-19(22)12-18/h4,6-7,12,16-17H,5,8-11,13-15H2,1-3H3,(H2,23,24,25). The molecule has 2 aliphatic rings. The number of ether oxygens (including phenoxy) is 1. The molecule has 150 valence electrons. The van der Waals surface area contributed by atoms with Crippen molar-refractivity contribution in [2.24, 2.45) is 4.99 Å². The minimum Gasteiger partial charge on any atom is -0.373 e. The monoisotopic (exact) mass is 376 g/mol. The quantitative estimate of drug-likeness (QED) is 0.436. The Morgan fingerprint density at radius 3 is 2.63 bits per heavy atom. The first kappa shape index (κ1) is 20.1. The van der Waals surface area contributed by atoms with E-state index in [1.54, 1.807) is 19.2 Å². The molecule has 1 saturated heterocycles. The van der Waals surface area contributed by atoms with Crippen molar-refractivity contribution < 1.29 is 9.13 Å². The summed E-state index contributed by atoms with van der Waals surface area (Å²) in [6.45, 7) is 9.02. The van der Waals surface area contributed by atoms with Gasteiger partial charge in [-0.3, -0.25) is 9.89 Å². The van der Waals surface area contributed by atoms with Crippen LogP contribution in [0.2, 0.25) is 0 Å². The third-order valence-electron chi connectivity index (χ3n) is 5.55. The fourth-order valence-corrected chi connectivity index (χ4v) is 3.99. The molecule has 27 heavy (non-hydrogen) atoms. The van der Waals surface area contributed by atoms with Crippen LogP contribution in [0.25, 0.3) is 0 Å². The van der Waals surface area contributed by atoms with E-state index < -0.39 is 0 Å². The van der Waals surface area contributed by atoms with E-state index in [0.29, 0.717) is 12.2 Å². The van der Waals surface area contributed by atoms with Crippen LogP contribution in [0, 0.1) is 5.82 Å². The lowest BCUT2D eigenvalue weighted by Crippen LogP contribution is -2.46. The van der Waals surface area contributed by atoms with E-state index in [4.69, 9.17) is 4.74 Å². The topological polar surface area (TPSA) is 48.9 Å². The van der Waals surface area contributed by atoms with Gasteiger partial charge >= 0.3 is 0 Å². The van der Waals surface area contributed by atoms with E-state index in [1.165, 1.54) is 6.07 Å². The molecule has 0 amide bonds. The molecule has 2 N–H and O–H groups in total. The number of hydrogen-bond acceptors (Lipinski definition) is 3. The molecule has 1 aromatic rings. The second kappa shape index (κ2) is 9.02. The molecule has 0 aromatic heterocycles. The molecule has 2 atom stereocenters. The smallest absolute Gasteiger partial charge is 0.191 e. The van der Waals surface area contributed by atoms with Crippen LogP contribution in [0.5, 0.6) is 0 Å². The largest absolute Gasteiger partial charge is 0.373 e. The van der Waals surface area contributed by atoms with Gasteiger partial charge in [0.15, 0.2) is 5.96 Å². The van der Waals surface area contributed by atoms with Crippen molar-refractivity contribution in [3.8, 4) is 0 Å². The second-order valence-electron chi connectivity index (χ2n) is 8.01. The number of halogens is 1. The third kappa shape index (κ3) is 5.66. The van der Waals surface area contributed by atoms with Gasteiger partial charge in [-0.15, -0.1) is 0 Å². The minimum absolute atomic E-state index is 0.0554. The van der Waals surface area contributed by atoms with Gasteiger partial charge in [0, 0.05) is 45.2 Å². The summed E-state index contributed by atoms with van der Waals surface area (Å²) < 4.78 is 19.3. The van der Waals surface area contributed by atoms with E-state index in [2.05, 4.69) is 34.4 Å². The summed E-state index contributed by atoms with van der Waals surface area (Å²) in [7, 11) is 1.79. The molecule has 1 aliphatic carbocycles. The summed E-state index contributed by atoms with van der Waals surface area (Å²) in [6, 6.07) is 6.99. The van der Waals surface area contributed by atoms with Gasteiger partial charge in [-0.25, -0.2) is 4.39 Å². The van der Waals surface area contributed by atoms with Crippen molar-refractivity contribution in [1.29, 1.82) is 0 Å². The number of nitrogens with one attached hydrogen (secondary N) is 2. The summed E-state index contributed by atoms with van der Waals surface area (Å²) in [5.74, 6) is 0.662. The number of hydrogen-bond donors (Lipinski definition) is 2. The van der Waals surface area contributed by atoms with Crippen LogP contribution in [0.15, 0.2) is 29.3 Å². The molecule has 1 aromatic carbocycles. The Bertz CT molecular complexity index is 637. The maximum Gasteiger partial charge on any atom is 0.191 e. The Morgan fingerprint density at radius 1 is 1.26 bits per heavy atom. The molecular formula is C21H33FN4O. The highest BCUT2D eigenvalue weighted by atomic mass is 19.1. The normalized spacial score (nSPS) is 25.3. The summed E-state index contributed by atoms with van der Waals surface area (Å²) in [5.41, 5.74) is 1.14. The van der Waals surface area contributed by atoms with Crippen molar-refractivity contribution >= 4 is 5.96 Å². The van der Waals surface area contributed by atoms with E-state index in [0.717, 1.165) is 63.5 Å². The third-order valence-corrected chi connectivity index (χ3v) is 5.55. The van der Waals surface area contributed by atoms with Gasteiger partial charge in [0.2, 0.25) is 0 Å². The highest BCUT2D eigenvalue weighted by molar-refractivity contribution is 5.79. The Hall–Kier alpha value is -1.66. The molecule has 1 aliphatic heterocycles. The lowest BCUT2D eigenvalue weighted by Gasteiger charge is -2.35. The van der Waals surface area contributed by atoms with E-state index in [1.807, 2.05) is 6.07 Å². The molecule has 2 fully saturated rings. The van der Waals surface area contributed by atoms with E-state index in [-0.39, 0.29) is 11.2 Å². The molecule has 1 heterocycles. The van der Waals surface area contributed by atoms with Gasteiger partial charge in [0.05, 0.1) is 12.2 Å². The van der Waals surface area contributed by atoms with Crippen LogP contribution in [0.4, 0.5) is 4.39 Å². The predicted molar refractivity (Wildman–Crippen MR) is 108 cm³/mol. The number of nitrogens with zero attached hydrogens (tertiary/aromatic N) is 2. The molecule has 5 nitrogen and oxygen atoms in total. The van der Waals surface area contributed by atoms with Gasteiger partial charge in [-0.2, -0.15) is 0 Å². The average Bonchev–Trinajstić information content (AvgIpc) is 3.41. The van der Waals surface area contributed by atoms with Crippen LogP contribution < -0.4 is 10.6 Å². The van der Waals surface area contributed by atoms with Gasteiger partial charge in [-0.05, 0) is 50.8 Å². The van der Waals surface area contributed by atoms with Crippen LogP contribution in [0.3, 0.4) is 0 Å². The lowest BCUT2D eigenvalue weighted by molar-refractivity contribution is -0.0679. The SMILES string of the molecule is CN=C(NCCCN1CC(C)OC(C)C1)NCC1(c2cccc(F)c2)CC1. The summed E-state index contributed by atoms with van der Waals surface area (Å²) in [4.78, 5) is 6.80. The maximum atomic E-state index is 13.5. The van der Waals surface area contributed by atoms with Crippen molar-refractivity contribution in [3.63, 3.8) is 0 Å². The number of morpholine rings is 1. The first-order valence-electron chi connectivity index (χ1n) is 10.1.